The molecule has 3 rings (SSSR count). The molecule has 25 heavy (non-hydrogen) atoms. The quantitative estimate of drug-likeness (QED) is 0.658. The molecule has 1 N–H and O–H groups in total. The number of ether oxygens (including phenoxy) is 1. The van der Waals surface area contributed by atoms with E-state index in [2.05, 4.69) is 10.3 Å². The number of nitrogens with one attached hydrogen (secondary N) is 1. The van der Waals surface area contributed by atoms with Crippen molar-refractivity contribution in [3.63, 3.8) is 0 Å². The summed E-state index contributed by atoms with van der Waals surface area (Å²) in [5, 5.41) is 5.96. The summed E-state index contributed by atoms with van der Waals surface area (Å²) in [7, 11) is 1.87. The maximum absolute atomic E-state index is 12.4. The normalized spacial score (nSPS) is 10.6. The number of para-hydroxylation sites is 1. The number of aryl methyl sites for hydroxylation is 2. The zero-order valence-electron chi connectivity index (χ0n) is 14.4. The molecule has 1 amide bonds. The zero-order valence-corrected chi connectivity index (χ0v) is 15.2. The minimum atomic E-state index is -0.0830. The topological polar surface area (TPSA) is 56.1 Å². The van der Waals surface area contributed by atoms with Crippen LogP contribution in [0.4, 0.5) is 0 Å². The number of amides is 1. The van der Waals surface area contributed by atoms with Crippen molar-refractivity contribution in [1.82, 2.24) is 14.9 Å². The lowest BCUT2D eigenvalue weighted by Crippen LogP contribution is -2.27. The number of rotatable bonds is 7. The first kappa shape index (κ1) is 17.2. The number of hydrogen-bond acceptors (Lipinski definition) is 4. The second-order valence-corrected chi connectivity index (χ2v) is 6.81. The van der Waals surface area contributed by atoms with Gasteiger partial charge in [-0.25, -0.2) is 4.98 Å². The van der Waals surface area contributed by atoms with Gasteiger partial charge in [-0.3, -0.25) is 4.79 Å². The van der Waals surface area contributed by atoms with Gasteiger partial charge in [-0.15, -0.1) is 11.3 Å². The number of carbonyl (C=O) groups excluding carboxylic acids is 1. The van der Waals surface area contributed by atoms with Crippen molar-refractivity contribution in [3.8, 4) is 17.0 Å². The number of aromatic nitrogens is 2. The Hall–Kier alpha value is -2.60. The molecule has 0 spiro atoms. The van der Waals surface area contributed by atoms with Gasteiger partial charge in [0.2, 0.25) is 0 Å². The van der Waals surface area contributed by atoms with Crippen molar-refractivity contribution in [1.29, 1.82) is 0 Å². The van der Waals surface area contributed by atoms with Crippen molar-refractivity contribution in [2.24, 2.45) is 7.05 Å². The van der Waals surface area contributed by atoms with E-state index in [1.807, 2.05) is 66.5 Å². The standard InChI is InChI=1S/C19H21N3O2S/c1-14-21-17(13-25-14)15-11-18(22(2)12-15)19(23)20-9-6-10-24-16-7-4-3-5-8-16/h3-5,7-8,11-13H,6,9-10H2,1-2H3,(H,20,23). The third-order valence-corrected chi connectivity index (χ3v) is 4.54. The van der Waals surface area contributed by atoms with Crippen LogP contribution in [-0.2, 0) is 7.05 Å². The molecule has 130 valence electrons. The van der Waals surface area contributed by atoms with Crippen LogP contribution in [0.15, 0.2) is 48.0 Å². The van der Waals surface area contributed by atoms with E-state index in [1.165, 1.54) is 0 Å². The fourth-order valence-corrected chi connectivity index (χ4v) is 3.12. The average Bonchev–Trinajstić information content (AvgIpc) is 3.21. The van der Waals surface area contributed by atoms with Crippen molar-refractivity contribution >= 4 is 17.2 Å². The third-order valence-electron chi connectivity index (χ3n) is 3.77. The van der Waals surface area contributed by atoms with Gasteiger partial charge in [-0.2, -0.15) is 0 Å². The van der Waals surface area contributed by atoms with Gasteiger partial charge in [-0.05, 0) is 31.5 Å². The predicted molar refractivity (Wildman–Crippen MR) is 100 cm³/mol. The second kappa shape index (κ2) is 7.98. The molecule has 3 aromatic rings. The van der Waals surface area contributed by atoms with Gasteiger partial charge in [0.1, 0.15) is 11.4 Å². The van der Waals surface area contributed by atoms with E-state index < -0.39 is 0 Å². The van der Waals surface area contributed by atoms with E-state index in [-0.39, 0.29) is 5.91 Å². The van der Waals surface area contributed by atoms with Crippen LogP contribution in [0.25, 0.3) is 11.3 Å². The van der Waals surface area contributed by atoms with Gasteiger partial charge >= 0.3 is 0 Å². The van der Waals surface area contributed by atoms with Crippen molar-refractivity contribution in [2.75, 3.05) is 13.2 Å². The lowest BCUT2D eigenvalue weighted by atomic mass is 10.2. The van der Waals surface area contributed by atoms with Crippen LogP contribution < -0.4 is 10.1 Å². The maximum Gasteiger partial charge on any atom is 0.267 e. The molecule has 2 aromatic heterocycles. The molecule has 5 nitrogen and oxygen atoms in total. The van der Waals surface area contributed by atoms with Crippen LogP contribution in [0, 0.1) is 6.92 Å². The Kier molecular flexibility index (Phi) is 5.50. The van der Waals surface area contributed by atoms with Gasteiger partial charge in [0.05, 0.1) is 17.3 Å². The minimum Gasteiger partial charge on any atom is -0.494 e. The largest absolute Gasteiger partial charge is 0.494 e. The first-order valence-corrected chi connectivity index (χ1v) is 9.06. The number of benzene rings is 1. The van der Waals surface area contributed by atoms with Gasteiger partial charge in [0, 0.05) is 30.7 Å². The third kappa shape index (κ3) is 4.48. The Morgan fingerprint density at radius 2 is 2.12 bits per heavy atom. The molecule has 0 bridgehead atoms. The monoisotopic (exact) mass is 355 g/mol. The van der Waals surface area contributed by atoms with Crippen molar-refractivity contribution in [2.45, 2.75) is 13.3 Å². The number of nitrogens with zero attached hydrogens (tertiary/aromatic N) is 2. The van der Waals surface area contributed by atoms with E-state index in [0.717, 1.165) is 28.4 Å². The Bertz CT molecular complexity index is 839. The van der Waals surface area contributed by atoms with Crippen LogP contribution >= 0.6 is 11.3 Å². The molecule has 1 aromatic carbocycles. The number of thiazole rings is 1. The second-order valence-electron chi connectivity index (χ2n) is 5.75. The molecule has 0 radical (unpaired) electrons. The fraction of sp³-hybridized carbons (Fsp3) is 0.263. The summed E-state index contributed by atoms with van der Waals surface area (Å²) >= 11 is 1.61. The molecule has 0 aliphatic carbocycles. The first-order valence-electron chi connectivity index (χ1n) is 8.18. The Morgan fingerprint density at radius 1 is 1.32 bits per heavy atom. The molecule has 0 atom stereocenters. The SMILES string of the molecule is Cc1nc(-c2cc(C(=O)NCCCOc3ccccc3)n(C)c2)cs1. The summed E-state index contributed by atoms with van der Waals surface area (Å²) in [5.41, 5.74) is 2.50. The molecule has 0 fully saturated rings. The summed E-state index contributed by atoms with van der Waals surface area (Å²) in [6.45, 7) is 3.12. The van der Waals surface area contributed by atoms with Crippen molar-refractivity contribution < 1.29 is 9.53 Å². The van der Waals surface area contributed by atoms with Crippen LogP contribution in [0.1, 0.15) is 21.9 Å². The van der Waals surface area contributed by atoms with Gasteiger partial charge < -0.3 is 14.6 Å². The molecule has 0 unspecified atom stereocenters. The highest BCUT2D eigenvalue weighted by molar-refractivity contribution is 7.09. The van der Waals surface area contributed by atoms with E-state index in [0.29, 0.717) is 18.8 Å². The van der Waals surface area contributed by atoms with Crippen LogP contribution in [0.3, 0.4) is 0 Å². The summed E-state index contributed by atoms with van der Waals surface area (Å²) in [6.07, 6.45) is 2.69. The Balaban J connectivity index is 1.49. The van der Waals surface area contributed by atoms with E-state index in [1.54, 1.807) is 11.3 Å². The summed E-state index contributed by atoms with van der Waals surface area (Å²) in [5.74, 6) is 0.764. The van der Waals surface area contributed by atoms with E-state index >= 15 is 0 Å². The highest BCUT2D eigenvalue weighted by Crippen LogP contribution is 2.23. The Morgan fingerprint density at radius 3 is 2.84 bits per heavy atom. The van der Waals surface area contributed by atoms with Gasteiger partial charge in [0.15, 0.2) is 0 Å². The molecule has 0 aliphatic heterocycles. The highest BCUT2D eigenvalue weighted by atomic mass is 32.1. The van der Waals surface area contributed by atoms with Crippen LogP contribution in [0.5, 0.6) is 5.75 Å². The predicted octanol–water partition coefficient (Wildman–Crippen LogP) is 3.66. The number of carbonyl (C=O) groups is 1. The van der Waals surface area contributed by atoms with Crippen molar-refractivity contribution in [3.05, 3.63) is 58.7 Å². The first-order chi connectivity index (χ1) is 12.1. The maximum atomic E-state index is 12.4. The molecule has 2 heterocycles. The number of hydrogen-bond donors (Lipinski definition) is 1. The van der Waals surface area contributed by atoms with Crippen LogP contribution in [0.2, 0.25) is 0 Å². The van der Waals surface area contributed by atoms with E-state index in [4.69, 9.17) is 4.74 Å². The molecule has 0 saturated carbocycles. The highest BCUT2D eigenvalue weighted by Gasteiger charge is 2.13. The summed E-state index contributed by atoms with van der Waals surface area (Å²) in [6, 6.07) is 11.6. The lowest BCUT2D eigenvalue weighted by molar-refractivity contribution is 0.0943. The van der Waals surface area contributed by atoms with Gasteiger partial charge in [-0.1, -0.05) is 18.2 Å². The Labute approximate surface area is 151 Å². The summed E-state index contributed by atoms with van der Waals surface area (Å²) < 4.78 is 7.45. The molecular weight excluding hydrogens is 334 g/mol. The van der Waals surface area contributed by atoms with Gasteiger partial charge in [0.25, 0.3) is 5.91 Å². The smallest absolute Gasteiger partial charge is 0.267 e. The average molecular weight is 355 g/mol. The minimum absolute atomic E-state index is 0.0830. The lowest BCUT2D eigenvalue weighted by Gasteiger charge is -2.07. The molecule has 0 saturated heterocycles. The zero-order chi connectivity index (χ0) is 17.6. The summed E-state index contributed by atoms with van der Waals surface area (Å²) in [4.78, 5) is 16.8. The molecule has 0 aliphatic rings. The van der Waals surface area contributed by atoms with E-state index in [9.17, 15) is 4.79 Å². The fourth-order valence-electron chi connectivity index (χ4n) is 2.50. The molecular formula is C19H21N3O2S. The molecule has 6 heteroatoms. The van der Waals surface area contributed by atoms with Crippen LogP contribution in [-0.4, -0.2) is 28.6 Å².